The summed E-state index contributed by atoms with van der Waals surface area (Å²) in [7, 11) is 0. The Balaban J connectivity index is 1.61. The van der Waals surface area contributed by atoms with E-state index in [0.29, 0.717) is 17.6 Å². The third-order valence-electron chi connectivity index (χ3n) is 5.19. The first kappa shape index (κ1) is 13.6. The molecule has 3 heteroatoms. The molecule has 0 bridgehead atoms. The van der Waals surface area contributed by atoms with Crippen LogP contribution in [0.2, 0.25) is 0 Å². The normalized spacial score (nSPS) is 28.7. The van der Waals surface area contributed by atoms with Crippen LogP contribution in [-0.2, 0) is 11.3 Å². The third-order valence-corrected chi connectivity index (χ3v) is 6.10. The number of thiophene rings is 1. The van der Waals surface area contributed by atoms with Crippen molar-refractivity contribution in [3.8, 4) is 0 Å². The smallest absolute Gasteiger partial charge is 0.0661 e. The molecule has 2 aliphatic rings. The highest BCUT2D eigenvalue weighted by atomic mass is 32.1. The van der Waals surface area contributed by atoms with Gasteiger partial charge in [-0.3, -0.25) is 0 Å². The van der Waals surface area contributed by atoms with Gasteiger partial charge in [-0.1, -0.05) is 12.8 Å². The molecular formula is C16H25NOS. The molecule has 1 heterocycles. The number of hydrogen-bond donors (Lipinski definition) is 1. The van der Waals surface area contributed by atoms with Gasteiger partial charge in [-0.05, 0) is 55.0 Å². The molecule has 1 aromatic heterocycles. The Morgan fingerprint density at radius 3 is 2.79 bits per heavy atom. The molecule has 1 spiro atoms. The van der Waals surface area contributed by atoms with Crippen molar-refractivity contribution in [2.24, 2.45) is 5.41 Å². The molecule has 2 saturated carbocycles. The predicted octanol–water partition coefficient (Wildman–Crippen LogP) is 3.88. The van der Waals surface area contributed by atoms with E-state index in [4.69, 9.17) is 4.74 Å². The van der Waals surface area contributed by atoms with Gasteiger partial charge in [0.25, 0.3) is 0 Å². The molecule has 2 aliphatic carbocycles. The fraction of sp³-hybridized carbons (Fsp3) is 0.750. The summed E-state index contributed by atoms with van der Waals surface area (Å²) in [5.41, 5.74) is 3.36. The highest BCUT2D eigenvalue weighted by molar-refractivity contribution is 7.08. The van der Waals surface area contributed by atoms with Gasteiger partial charge in [0.05, 0.1) is 6.10 Å². The Bertz CT molecular complexity index is 422. The van der Waals surface area contributed by atoms with Gasteiger partial charge in [-0.2, -0.15) is 11.3 Å². The molecule has 19 heavy (non-hydrogen) atoms. The Morgan fingerprint density at radius 1 is 1.37 bits per heavy atom. The van der Waals surface area contributed by atoms with Crippen LogP contribution in [0.15, 0.2) is 10.8 Å². The van der Waals surface area contributed by atoms with Gasteiger partial charge in [0, 0.05) is 24.6 Å². The summed E-state index contributed by atoms with van der Waals surface area (Å²) in [6.07, 6.45) is 7.21. The van der Waals surface area contributed by atoms with Crippen LogP contribution in [0, 0.1) is 12.3 Å². The molecule has 1 aromatic rings. The second-order valence-corrected chi connectivity index (χ2v) is 6.88. The monoisotopic (exact) mass is 279 g/mol. The predicted molar refractivity (Wildman–Crippen MR) is 80.6 cm³/mol. The number of nitrogens with one attached hydrogen (secondary N) is 1. The van der Waals surface area contributed by atoms with E-state index in [1.165, 1.54) is 43.2 Å². The average Bonchev–Trinajstić information content (AvgIpc) is 3.03. The van der Waals surface area contributed by atoms with Crippen molar-refractivity contribution in [3.63, 3.8) is 0 Å². The SMILES string of the molecule is CCOC1CC(NCc2cscc2C)C12CCCC2. The van der Waals surface area contributed by atoms with Crippen LogP contribution in [0.25, 0.3) is 0 Å². The minimum Gasteiger partial charge on any atom is -0.378 e. The molecular weight excluding hydrogens is 254 g/mol. The van der Waals surface area contributed by atoms with Gasteiger partial charge in [-0.25, -0.2) is 0 Å². The summed E-state index contributed by atoms with van der Waals surface area (Å²) >= 11 is 1.81. The van der Waals surface area contributed by atoms with E-state index in [0.717, 1.165) is 13.2 Å². The zero-order valence-corrected chi connectivity index (χ0v) is 12.9. The van der Waals surface area contributed by atoms with Crippen molar-refractivity contribution in [1.82, 2.24) is 5.32 Å². The van der Waals surface area contributed by atoms with Crippen molar-refractivity contribution in [2.45, 2.75) is 64.6 Å². The molecule has 0 saturated heterocycles. The maximum Gasteiger partial charge on any atom is 0.0661 e. The van der Waals surface area contributed by atoms with E-state index >= 15 is 0 Å². The molecule has 2 atom stereocenters. The van der Waals surface area contributed by atoms with Gasteiger partial charge in [0.15, 0.2) is 0 Å². The first-order valence-corrected chi connectivity index (χ1v) is 8.57. The summed E-state index contributed by atoms with van der Waals surface area (Å²) < 4.78 is 5.97. The van der Waals surface area contributed by atoms with Crippen molar-refractivity contribution < 1.29 is 4.74 Å². The second-order valence-electron chi connectivity index (χ2n) is 6.13. The maximum absolute atomic E-state index is 5.97. The quantitative estimate of drug-likeness (QED) is 0.883. The highest BCUT2D eigenvalue weighted by Crippen LogP contribution is 2.54. The highest BCUT2D eigenvalue weighted by Gasteiger charge is 2.56. The van der Waals surface area contributed by atoms with E-state index in [1.54, 1.807) is 0 Å². The molecule has 3 rings (SSSR count). The summed E-state index contributed by atoms with van der Waals surface area (Å²) in [5, 5.41) is 8.33. The summed E-state index contributed by atoms with van der Waals surface area (Å²) in [4.78, 5) is 0. The van der Waals surface area contributed by atoms with Crippen molar-refractivity contribution in [1.29, 1.82) is 0 Å². The maximum atomic E-state index is 5.97. The topological polar surface area (TPSA) is 21.3 Å². The van der Waals surface area contributed by atoms with Gasteiger partial charge in [0.2, 0.25) is 0 Å². The van der Waals surface area contributed by atoms with Gasteiger partial charge in [-0.15, -0.1) is 0 Å². The Morgan fingerprint density at radius 2 is 2.16 bits per heavy atom. The number of aryl methyl sites for hydroxylation is 1. The fourth-order valence-corrected chi connectivity index (χ4v) is 4.83. The van der Waals surface area contributed by atoms with Crippen LogP contribution >= 0.6 is 11.3 Å². The molecule has 2 unspecified atom stereocenters. The Kier molecular flexibility index (Phi) is 3.97. The summed E-state index contributed by atoms with van der Waals surface area (Å²) in [6, 6.07) is 0.672. The Hall–Kier alpha value is -0.380. The lowest BCUT2D eigenvalue weighted by Gasteiger charge is -2.54. The second kappa shape index (κ2) is 5.55. The van der Waals surface area contributed by atoms with Crippen molar-refractivity contribution in [3.05, 3.63) is 21.9 Å². The van der Waals surface area contributed by atoms with Crippen molar-refractivity contribution in [2.75, 3.05) is 6.61 Å². The molecule has 2 nitrogen and oxygen atoms in total. The summed E-state index contributed by atoms with van der Waals surface area (Å²) in [5.74, 6) is 0. The standard InChI is InChI=1S/C16H25NOS/c1-3-18-15-8-14(16(15)6-4-5-7-16)17-9-13-11-19-10-12(13)2/h10-11,14-15,17H,3-9H2,1-2H3. The minimum absolute atomic E-state index is 0.458. The number of hydrogen-bond acceptors (Lipinski definition) is 3. The summed E-state index contributed by atoms with van der Waals surface area (Å²) in [6.45, 7) is 6.23. The third kappa shape index (κ3) is 2.37. The first-order chi connectivity index (χ1) is 9.26. The van der Waals surface area contributed by atoms with Crippen LogP contribution in [0.5, 0.6) is 0 Å². The molecule has 1 N–H and O–H groups in total. The molecule has 0 aliphatic heterocycles. The van der Waals surface area contributed by atoms with Gasteiger partial charge >= 0.3 is 0 Å². The van der Waals surface area contributed by atoms with E-state index in [9.17, 15) is 0 Å². The molecule has 0 radical (unpaired) electrons. The van der Waals surface area contributed by atoms with Crippen LogP contribution in [0.1, 0.15) is 50.2 Å². The van der Waals surface area contributed by atoms with Crippen LogP contribution in [0.3, 0.4) is 0 Å². The van der Waals surface area contributed by atoms with Crippen LogP contribution in [-0.4, -0.2) is 18.8 Å². The van der Waals surface area contributed by atoms with Crippen LogP contribution < -0.4 is 5.32 Å². The minimum atomic E-state index is 0.458. The van der Waals surface area contributed by atoms with E-state index < -0.39 is 0 Å². The van der Waals surface area contributed by atoms with Crippen molar-refractivity contribution >= 4 is 11.3 Å². The molecule has 0 aromatic carbocycles. The first-order valence-electron chi connectivity index (χ1n) is 7.63. The Labute approximate surface area is 120 Å². The van der Waals surface area contributed by atoms with Gasteiger partial charge in [0.1, 0.15) is 0 Å². The van der Waals surface area contributed by atoms with E-state index in [1.807, 2.05) is 11.3 Å². The van der Waals surface area contributed by atoms with Crippen LogP contribution in [0.4, 0.5) is 0 Å². The van der Waals surface area contributed by atoms with Gasteiger partial charge < -0.3 is 10.1 Å². The lowest BCUT2D eigenvalue weighted by atomic mass is 9.60. The van der Waals surface area contributed by atoms with E-state index in [-0.39, 0.29) is 0 Å². The zero-order chi connectivity index (χ0) is 13.3. The fourth-order valence-electron chi connectivity index (χ4n) is 3.97. The lowest BCUT2D eigenvalue weighted by molar-refractivity contribution is -0.130. The lowest BCUT2D eigenvalue weighted by Crippen LogP contribution is -2.62. The largest absolute Gasteiger partial charge is 0.378 e. The zero-order valence-electron chi connectivity index (χ0n) is 12.1. The molecule has 2 fully saturated rings. The molecule has 106 valence electrons. The number of ether oxygens (including phenoxy) is 1. The van der Waals surface area contributed by atoms with E-state index in [2.05, 4.69) is 29.9 Å². The number of rotatable bonds is 5. The average molecular weight is 279 g/mol. The molecule has 0 amide bonds.